The molecule has 0 aliphatic rings. The van der Waals surface area contributed by atoms with Crippen molar-refractivity contribution < 1.29 is 22.7 Å². The fourth-order valence-corrected chi connectivity index (χ4v) is 2.38. The van der Waals surface area contributed by atoms with Crippen molar-refractivity contribution in [3.05, 3.63) is 41.2 Å². The van der Waals surface area contributed by atoms with Crippen molar-refractivity contribution in [2.45, 2.75) is 6.18 Å². The second-order valence-corrected chi connectivity index (χ2v) is 5.59. The summed E-state index contributed by atoms with van der Waals surface area (Å²) in [4.78, 5) is 12.0. The molecular formula is C13H9F3N6O2S. The van der Waals surface area contributed by atoms with Crippen LogP contribution in [-0.4, -0.2) is 38.2 Å². The second kappa shape index (κ2) is 6.47. The SMILES string of the molecule is COc1ccc(-n2cc(C(=O)Nc3nnc(C(F)(F)F)s3)nn2)cc1. The van der Waals surface area contributed by atoms with Gasteiger partial charge in [0, 0.05) is 0 Å². The van der Waals surface area contributed by atoms with Crippen LogP contribution in [0.15, 0.2) is 30.5 Å². The van der Waals surface area contributed by atoms with E-state index in [1.165, 1.54) is 18.0 Å². The largest absolute Gasteiger partial charge is 0.497 e. The van der Waals surface area contributed by atoms with Crippen molar-refractivity contribution in [1.82, 2.24) is 25.2 Å². The molecule has 1 amide bonds. The molecule has 0 atom stereocenters. The number of alkyl halides is 3. The number of methoxy groups -OCH3 is 1. The minimum atomic E-state index is -4.61. The Labute approximate surface area is 142 Å². The summed E-state index contributed by atoms with van der Waals surface area (Å²) in [6.45, 7) is 0. The Kier molecular flexibility index (Phi) is 4.35. The second-order valence-electron chi connectivity index (χ2n) is 4.61. The number of halogens is 3. The average Bonchev–Trinajstić information content (AvgIpc) is 3.24. The third-order valence-corrected chi connectivity index (χ3v) is 3.83. The fraction of sp³-hybridized carbons (Fsp3) is 0.154. The van der Waals surface area contributed by atoms with Gasteiger partial charge in [0.25, 0.3) is 5.91 Å². The van der Waals surface area contributed by atoms with Crippen LogP contribution in [-0.2, 0) is 6.18 Å². The van der Waals surface area contributed by atoms with Gasteiger partial charge in [-0.25, -0.2) is 4.68 Å². The van der Waals surface area contributed by atoms with Crippen molar-refractivity contribution in [3.8, 4) is 11.4 Å². The summed E-state index contributed by atoms with van der Waals surface area (Å²) in [6, 6.07) is 6.82. The van der Waals surface area contributed by atoms with Crippen LogP contribution in [0.4, 0.5) is 18.3 Å². The number of carbonyl (C=O) groups is 1. The number of anilines is 1. The maximum absolute atomic E-state index is 12.5. The van der Waals surface area contributed by atoms with Crippen molar-refractivity contribution in [3.63, 3.8) is 0 Å². The van der Waals surface area contributed by atoms with E-state index in [-0.39, 0.29) is 22.2 Å². The smallest absolute Gasteiger partial charge is 0.445 e. The third kappa shape index (κ3) is 3.74. The van der Waals surface area contributed by atoms with E-state index < -0.39 is 17.1 Å². The van der Waals surface area contributed by atoms with Crippen LogP contribution in [0.2, 0.25) is 0 Å². The van der Waals surface area contributed by atoms with Gasteiger partial charge in [-0.3, -0.25) is 10.1 Å². The first-order valence-corrected chi connectivity index (χ1v) is 7.47. The van der Waals surface area contributed by atoms with Crippen molar-refractivity contribution in [2.75, 3.05) is 12.4 Å². The van der Waals surface area contributed by atoms with Crippen LogP contribution in [0.3, 0.4) is 0 Å². The topological polar surface area (TPSA) is 94.8 Å². The quantitative estimate of drug-likeness (QED) is 0.758. The number of aromatic nitrogens is 5. The van der Waals surface area contributed by atoms with Gasteiger partial charge in [0.2, 0.25) is 10.1 Å². The van der Waals surface area contributed by atoms with E-state index in [9.17, 15) is 18.0 Å². The van der Waals surface area contributed by atoms with E-state index in [0.29, 0.717) is 11.4 Å². The Morgan fingerprint density at radius 1 is 1.20 bits per heavy atom. The molecule has 0 aliphatic carbocycles. The molecule has 2 heterocycles. The molecule has 0 spiro atoms. The first kappa shape index (κ1) is 16.8. The summed E-state index contributed by atoms with van der Waals surface area (Å²) in [5.74, 6) is -0.0943. The standard InChI is InChI=1S/C13H9F3N6O2S/c1-24-8-4-2-7(3-5-8)22-6-9(18-21-22)10(23)17-12-20-19-11(25-12)13(14,15)16/h2-6H,1H3,(H,17,20,23). The Hall–Kier alpha value is -3.02. The molecule has 1 N–H and O–H groups in total. The molecule has 0 aliphatic heterocycles. The summed E-state index contributed by atoms with van der Waals surface area (Å²) in [5, 5.41) is 14.5. The molecule has 0 fully saturated rings. The minimum Gasteiger partial charge on any atom is -0.497 e. The molecule has 8 nitrogen and oxygen atoms in total. The van der Waals surface area contributed by atoms with Crippen molar-refractivity contribution >= 4 is 22.4 Å². The monoisotopic (exact) mass is 370 g/mol. The lowest BCUT2D eigenvalue weighted by Crippen LogP contribution is -2.12. The first-order chi connectivity index (χ1) is 11.9. The fourth-order valence-electron chi connectivity index (χ4n) is 1.78. The zero-order chi connectivity index (χ0) is 18.0. The predicted molar refractivity (Wildman–Crippen MR) is 80.8 cm³/mol. The molecule has 12 heteroatoms. The number of ether oxygens (including phenoxy) is 1. The van der Waals surface area contributed by atoms with Crippen molar-refractivity contribution in [2.24, 2.45) is 0 Å². The molecule has 2 aromatic heterocycles. The Balaban J connectivity index is 1.73. The molecule has 0 unspecified atom stereocenters. The van der Waals surface area contributed by atoms with E-state index in [0.717, 1.165) is 0 Å². The van der Waals surface area contributed by atoms with Crippen LogP contribution in [0, 0.1) is 0 Å². The number of carbonyl (C=O) groups excluding carboxylic acids is 1. The molecule has 130 valence electrons. The predicted octanol–water partition coefficient (Wildman–Crippen LogP) is 2.40. The van der Waals surface area contributed by atoms with Gasteiger partial charge >= 0.3 is 6.18 Å². The van der Waals surface area contributed by atoms with Gasteiger partial charge in [0.15, 0.2) is 5.69 Å². The maximum Gasteiger partial charge on any atom is 0.445 e. The van der Waals surface area contributed by atoms with E-state index in [2.05, 4.69) is 25.8 Å². The highest BCUT2D eigenvalue weighted by molar-refractivity contribution is 7.15. The van der Waals surface area contributed by atoms with E-state index in [1.54, 1.807) is 24.3 Å². The first-order valence-electron chi connectivity index (χ1n) is 6.65. The maximum atomic E-state index is 12.5. The number of benzene rings is 1. The summed E-state index contributed by atoms with van der Waals surface area (Å²) in [5.41, 5.74) is 0.544. The van der Waals surface area contributed by atoms with Gasteiger partial charge in [-0.1, -0.05) is 16.6 Å². The lowest BCUT2D eigenvalue weighted by Gasteiger charge is -2.02. The van der Waals surface area contributed by atoms with E-state index >= 15 is 0 Å². The lowest BCUT2D eigenvalue weighted by atomic mass is 10.3. The molecular weight excluding hydrogens is 361 g/mol. The van der Waals surface area contributed by atoms with Crippen molar-refractivity contribution in [1.29, 1.82) is 0 Å². The zero-order valence-electron chi connectivity index (χ0n) is 12.5. The number of nitrogens with one attached hydrogen (secondary N) is 1. The highest BCUT2D eigenvalue weighted by atomic mass is 32.1. The van der Waals surface area contributed by atoms with Gasteiger partial charge in [0.1, 0.15) is 5.75 Å². The highest BCUT2D eigenvalue weighted by Gasteiger charge is 2.35. The summed E-state index contributed by atoms with van der Waals surface area (Å²) in [6.07, 6.45) is -3.28. The Morgan fingerprint density at radius 3 is 2.52 bits per heavy atom. The van der Waals surface area contributed by atoms with Gasteiger partial charge in [0.05, 0.1) is 19.0 Å². The third-order valence-electron chi connectivity index (χ3n) is 2.95. The van der Waals surface area contributed by atoms with E-state index in [1.807, 2.05) is 0 Å². The number of rotatable bonds is 4. The van der Waals surface area contributed by atoms with Crippen LogP contribution >= 0.6 is 11.3 Å². The number of nitrogens with zero attached hydrogens (tertiary/aromatic N) is 5. The minimum absolute atomic E-state index is 0.0837. The molecule has 3 aromatic rings. The summed E-state index contributed by atoms with van der Waals surface area (Å²) in [7, 11) is 1.53. The number of amides is 1. The van der Waals surface area contributed by atoms with Crippen LogP contribution < -0.4 is 10.1 Å². The highest BCUT2D eigenvalue weighted by Crippen LogP contribution is 2.33. The van der Waals surface area contributed by atoms with Gasteiger partial charge < -0.3 is 4.74 Å². The van der Waals surface area contributed by atoms with Crippen LogP contribution in [0.5, 0.6) is 5.75 Å². The van der Waals surface area contributed by atoms with Gasteiger partial charge in [-0.2, -0.15) is 13.2 Å². The Morgan fingerprint density at radius 2 is 1.92 bits per heavy atom. The van der Waals surface area contributed by atoms with Gasteiger partial charge in [-0.15, -0.1) is 15.3 Å². The average molecular weight is 370 g/mol. The molecule has 0 saturated heterocycles. The molecule has 25 heavy (non-hydrogen) atoms. The molecule has 1 aromatic carbocycles. The lowest BCUT2D eigenvalue weighted by molar-refractivity contribution is -0.138. The zero-order valence-corrected chi connectivity index (χ0v) is 13.3. The molecule has 0 radical (unpaired) electrons. The molecule has 0 saturated carbocycles. The molecule has 0 bridgehead atoms. The van der Waals surface area contributed by atoms with Crippen LogP contribution in [0.1, 0.15) is 15.5 Å². The molecule has 3 rings (SSSR count). The normalized spacial score (nSPS) is 11.4. The summed E-state index contributed by atoms with van der Waals surface area (Å²) < 4.78 is 43.8. The van der Waals surface area contributed by atoms with E-state index in [4.69, 9.17) is 4.74 Å². The van der Waals surface area contributed by atoms with Gasteiger partial charge in [-0.05, 0) is 24.3 Å². The number of hydrogen-bond donors (Lipinski definition) is 1. The Bertz CT molecular complexity index is 890. The van der Waals surface area contributed by atoms with Crippen LogP contribution in [0.25, 0.3) is 5.69 Å². The number of hydrogen-bond acceptors (Lipinski definition) is 7. The summed E-state index contributed by atoms with van der Waals surface area (Å²) >= 11 is 0.222.